The number of methoxy groups -OCH3 is 1. The number of quaternary nitrogens is 1. The lowest BCUT2D eigenvalue weighted by Crippen LogP contribution is -2.86. The molecule has 36 heavy (non-hydrogen) atoms. The summed E-state index contributed by atoms with van der Waals surface area (Å²) < 4.78 is 7.64. The SMILES string of the molecule is COc1cc(-c2nn(C3CC[NH2+]CC3)c3ncnc(N)c23)ccc1NC(=O)CCCc1ccccc1. The van der Waals surface area contributed by atoms with Crippen LogP contribution in [0.1, 0.15) is 37.3 Å². The van der Waals surface area contributed by atoms with E-state index in [1.165, 1.54) is 11.9 Å². The Hall–Kier alpha value is -3.98. The fraction of sp³-hybridized carbons (Fsp3) is 0.333. The fourth-order valence-corrected chi connectivity index (χ4v) is 4.86. The van der Waals surface area contributed by atoms with Gasteiger partial charge in [-0.25, -0.2) is 14.6 Å². The van der Waals surface area contributed by atoms with Crippen LogP contribution in [0, 0.1) is 0 Å². The zero-order valence-corrected chi connectivity index (χ0v) is 20.5. The van der Waals surface area contributed by atoms with Crippen LogP contribution < -0.4 is 21.1 Å². The van der Waals surface area contributed by atoms with Gasteiger partial charge in [0.2, 0.25) is 5.91 Å². The fourth-order valence-electron chi connectivity index (χ4n) is 4.86. The Morgan fingerprint density at radius 3 is 2.75 bits per heavy atom. The van der Waals surface area contributed by atoms with Crippen molar-refractivity contribution in [2.75, 3.05) is 31.2 Å². The number of fused-ring (bicyclic) bond motifs is 1. The number of nitrogens with one attached hydrogen (secondary N) is 1. The van der Waals surface area contributed by atoms with Crippen LogP contribution in [-0.4, -0.2) is 45.9 Å². The molecule has 1 fully saturated rings. The van der Waals surface area contributed by atoms with E-state index >= 15 is 0 Å². The molecule has 3 heterocycles. The Morgan fingerprint density at radius 2 is 1.97 bits per heavy atom. The summed E-state index contributed by atoms with van der Waals surface area (Å²) in [7, 11) is 1.59. The van der Waals surface area contributed by atoms with E-state index in [-0.39, 0.29) is 11.9 Å². The number of nitrogens with zero attached hydrogens (tertiary/aromatic N) is 4. The van der Waals surface area contributed by atoms with Crippen LogP contribution in [0.4, 0.5) is 11.5 Å². The normalized spacial score (nSPS) is 14.1. The van der Waals surface area contributed by atoms with E-state index in [1.807, 2.05) is 41.1 Å². The number of carbonyl (C=O) groups is 1. The highest BCUT2D eigenvalue weighted by Crippen LogP contribution is 2.36. The summed E-state index contributed by atoms with van der Waals surface area (Å²) in [5.74, 6) is 0.922. The summed E-state index contributed by atoms with van der Waals surface area (Å²) in [5.41, 5.74) is 10.5. The van der Waals surface area contributed by atoms with Gasteiger partial charge in [-0.3, -0.25) is 4.79 Å². The Morgan fingerprint density at radius 1 is 1.17 bits per heavy atom. The van der Waals surface area contributed by atoms with Crippen LogP contribution in [-0.2, 0) is 11.2 Å². The number of anilines is 2. The number of nitrogens with two attached hydrogens (primary N) is 2. The topological polar surface area (TPSA) is 125 Å². The molecule has 5 rings (SSSR count). The van der Waals surface area contributed by atoms with Crippen molar-refractivity contribution >= 4 is 28.4 Å². The first-order chi connectivity index (χ1) is 17.6. The molecule has 9 nitrogen and oxygen atoms in total. The maximum atomic E-state index is 12.6. The van der Waals surface area contributed by atoms with Crippen molar-refractivity contribution in [3.05, 3.63) is 60.4 Å². The number of aryl methyl sites for hydroxylation is 1. The molecule has 1 saturated heterocycles. The molecule has 1 amide bonds. The van der Waals surface area contributed by atoms with Gasteiger partial charge < -0.3 is 21.1 Å². The van der Waals surface area contributed by atoms with Crippen molar-refractivity contribution in [1.29, 1.82) is 0 Å². The summed E-state index contributed by atoms with van der Waals surface area (Å²) >= 11 is 0. The molecule has 0 saturated carbocycles. The lowest BCUT2D eigenvalue weighted by atomic mass is 10.1. The van der Waals surface area contributed by atoms with Gasteiger partial charge in [0, 0.05) is 24.8 Å². The molecule has 1 aliphatic rings. The number of aromatic nitrogens is 4. The van der Waals surface area contributed by atoms with Crippen LogP contribution in [0.2, 0.25) is 0 Å². The van der Waals surface area contributed by atoms with Gasteiger partial charge in [0.1, 0.15) is 23.6 Å². The maximum absolute atomic E-state index is 12.6. The van der Waals surface area contributed by atoms with Gasteiger partial charge >= 0.3 is 0 Å². The minimum Gasteiger partial charge on any atom is -0.495 e. The number of nitrogen functional groups attached to an aromatic ring is 1. The zero-order chi connectivity index (χ0) is 24.9. The van der Waals surface area contributed by atoms with Crippen molar-refractivity contribution in [3.63, 3.8) is 0 Å². The molecular formula is C27H32N7O2+. The van der Waals surface area contributed by atoms with Gasteiger partial charge in [-0.1, -0.05) is 36.4 Å². The monoisotopic (exact) mass is 486 g/mol. The first-order valence-corrected chi connectivity index (χ1v) is 12.5. The quantitative estimate of drug-likeness (QED) is 0.352. The maximum Gasteiger partial charge on any atom is 0.224 e. The summed E-state index contributed by atoms with van der Waals surface area (Å²) in [5, 5.41) is 11.0. The number of hydrogen-bond donors (Lipinski definition) is 3. The smallest absolute Gasteiger partial charge is 0.224 e. The van der Waals surface area contributed by atoms with Crippen LogP contribution in [0.3, 0.4) is 0 Å². The summed E-state index contributed by atoms with van der Waals surface area (Å²) in [6.45, 7) is 2.13. The second-order valence-corrected chi connectivity index (χ2v) is 9.15. The Bertz CT molecular complexity index is 1350. The first kappa shape index (κ1) is 23.7. The number of piperidine rings is 1. The highest BCUT2D eigenvalue weighted by molar-refractivity contribution is 5.99. The standard InChI is InChI=1S/C27H31N7O2/c1-36-22-16-19(10-11-21(22)32-23(35)9-5-8-18-6-3-2-4-7-18)25-24-26(28)30-17-31-27(24)34(33-25)20-12-14-29-15-13-20/h2-4,6-7,10-11,16-17,20,29H,5,8-9,12-15H2,1H3,(H,32,35)(H2,28,30,31)/p+1. The molecule has 0 bridgehead atoms. The minimum atomic E-state index is -0.0431. The average molecular weight is 487 g/mol. The third-order valence-corrected chi connectivity index (χ3v) is 6.73. The highest BCUT2D eigenvalue weighted by atomic mass is 16.5. The van der Waals surface area contributed by atoms with Crippen molar-refractivity contribution in [3.8, 4) is 17.0 Å². The Balaban J connectivity index is 1.37. The second kappa shape index (κ2) is 10.7. The van der Waals surface area contributed by atoms with E-state index in [0.29, 0.717) is 23.7 Å². The largest absolute Gasteiger partial charge is 0.495 e. The molecule has 4 aromatic rings. The predicted octanol–water partition coefficient (Wildman–Crippen LogP) is 2.94. The molecule has 1 aliphatic heterocycles. The molecule has 0 atom stereocenters. The van der Waals surface area contributed by atoms with E-state index < -0.39 is 0 Å². The van der Waals surface area contributed by atoms with Crippen molar-refractivity contribution in [1.82, 2.24) is 19.7 Å². The molecule has 5 N–H and O–H groups in total. The third kappa shape index (κ3) is 5.01. The van der Waals surface area contributed by atoms with Gasteiger partial charge in [-0.2, -0.15) is 5.10 Å². The number of carbonyl (C=O) groups excluding carboxylic acids is 1. The Labute approximate surface area is 210 Å². The van der Waals surface area contributed by atoms with Crippen LogP contribution in [0.15, 0.2) is 54.9 Å². The van der Waals surface area contributed by atoms with Gasteiger partial charge in [0.25, 0.3) is 0 Å². The second-order valence-electron chi connectivity index (χ2n) is 9.15. The molecule has 186 valence electrons. The van der Waals surface area contributed by atoms with Crippen molar-refractivity contribution < 1.29 is 14.8 Å². The third-order valence-electron chi connectivity index (χ3n) is 6.73. The van der Waals surface area contributed by atoms with Gasteiger partial charge in [0.15, 0.2) is 5.65 Å². The number of rotatable bonds is 8. The molecule has 0 radical (unpaired) electrons. The van der Waals surface area contributed by atoms with Crippen molar-refractivity contribution in [2.24, 2.45) is 0 Å². The Kier molecular flexibility index (Phi) is 7.08. The van der Waals surface area contributed by atoms with Crippen LogP contribution in [0.25, 0.3) is 22.3 Å². The summed E-state index contributed by atoms with van der Waals surface area (Å²) in [6.07, 6.45) is 5.62. The van der Waals surface area contributed by atoms with Gasteiger partial charge in [-0.05, 0) is 30.5 Å². The van der Waals surface area contributed by atoms with Crippen molar-refractivity contribution in [2.45, 2.75) is 38.1 Å². The number of benzene rings is 2. The van der Waals surface area contributed by atoms with Crippen LogP contribution >= 0.6 is 0 Å². The van der Waals surface area contributed by atoms with E-state index in [1.54, 1.807) is 7.11 Å². The lowest BCUT2D eigenvalue weighted by molar-refractivity contribution is -0.664. The van der Waals surface area contributed by atoms with E-state index in [2.05, 4.69) is 32.7 Å². The van der Waals surface area contributed by atoms with Gasteiger partial charge in [-0.15, -0.1) is 0 Å². The number of ether oxygens (including phenoxy) is 1. The molecular weight excluding hydrogens is 454 g/mol. The van der Waals surface area contributed by atoms with E-state index in [0.717, 1.165) is 61.1 Å². The lowest BCUT2D eigenvalue weighted by Gasteiger charge is -2.21. The van der Waals surface area contributed by atoms with Crippen LogP contribution in [0.5, 0.6) is 5.75 Å². The molecule has 0 spiro atoms. The average Bonchev–Trinajstić information content (AvgIpc) is 3.31. The minimum absolute atomic E-state index is 0.0431. The highest BCUT2D eigenvalue weighted by Gasteiger charge is 2.25. The van der Waals surface area contributed by atoms with E-state index in [9.17, 15) is 4.79 Å². The van der Waals surface area contributed by atoms with E-state index in [4.69, 9.17) is 15.6 Å². The number of hydrogen-bond acceptors (Lipinski definition) is 6. The summed E-state index contributed by atoms with van der Waals surface area (Å²) in [4.78, 5) is 21.4. The predicted molar refractivity (Wildman–Crippen MR) is 140 cm³/mol. The molecule has 9 heteroatoms. The number of amides is 1. The molecule has 2 aromatic carbocycles. The summed E-state index contributed by atoms with van der Waals surface area (Å²) in [6, 6.07) is 16.1. The molecule has 0 unspecified atom stereocenters. The zero-order valence-electron chi connectivity index (χ0n) is 20.5. The first-order valence-electron chi connectivity index (χ1n) is 12.5. The molecule has 2 aromatic heterocycles. The molecule has 0 aliphatic carbocycles. The van der Waals surface area contributed by atoms with Gasteiger partial charge in [0.05, 0.1) is 37.3 Å².